The standard InChI is InChI=1S/C19H22ClFN4O4/c1-11-4-14(5-11)27-9-17(26)22-12-7-25(8-12)19-24-23-18(29-19)10-28-13-2-3-15(20)16(21)6-13/h2-3,6,11-12,14H,4-5,7-10H2,1H3,(H,22,26). The lowest BCUT2D eigenvalue weighted by molar-refractivity contribution is -0.131. The summed E-state index contributed by atoms with van der Waals surface area (Å²) in [5.74, 6) is 0.615. The number of amides is 1. The number of ether oxygens (including phenoxy) is 2. The average Bonchev–Trinajstić information content (AvgIpc) is 3.10. The van der Waals surface area contributed by atoms with E-state index in [4.69, 9.17) is 25.5 Å². The number of halogens is 2. The van der Waals surface area contributed by atoms with Gasteiger partial charge in [-0.25, -0.2) is 4.39 Å². The summed E-state index contributed by atoms with van der Waals surface area (Å²) in [7, 11) is 0. The van der Waals surface area contributed by atoms with E-state index in [0.717, 1.165) is 12.8 Å². The lowest BCUT2D eigenvalue weighted by atomic mass is 9.84. The van der Waals surface area contributed by atoms with E-state index in [1.165, 1.54) is 12.1 Å². The highest BCUT2D eigenvalue weighted by Gasteiger charge is 2.32. The van der Waals surface area contributed by atoms with Crippen LogP contribution in [0.1, 0.15) is 25.7 Å². The molecule has 1 aliphatic carbocycles. The fraction of sp³-hybridized carbons (Fsp3) is 0.526. The van der Waals surface area contributed by atoms with Gasteiger partial charge in [0.15, 0.2) is 6.61 Å². The molecule has 0 bridgehead atoms. The summed E-state index contributed by atoms with van der Waals surface area (Å²) < 4.78 is 30.0. The Kier molecular flexibility index (Phi) is 5.86. The van der Waals surface area contributed by atoms with Crippen molar-refractivity contribution in [1.82, 2.24) is 15.5 Å². The van der Waals surface area contributed by atoms with Crippen molar-refractivity contribution >= 4 is 23.5 Å². The molecular formula is C19H22ClFN4O4. The first-order chi connectivity index (χ1) is 14.0. The predicted molar refractivity (Wildman–Crippen MR) is 102 cm³/mol. The van der Waals surface area contributed by atoms with Crippen molar-refractivity contribution in [2.75, 3.05) is 24.6 Å². The number of carbonyl (C=O) groups excluding carboxylic acids is 1. The number of benzene rings is 1. The summed E-state index contributed by atoms with van der Waals surface area (Å²) in [6.45, 7) is 3.45. The van der Waals surface area contributed by atoms with E-state index in [1.54, 1.807) is 6.07 Å². The van der Waals surface area contributed by atoms with Crippen LogP contribution in [0.2, 0.25) is 5.02 Å². The molecule has 10 heteroatoms. The Labute approximate surface area is 172 Å². The Morgan fingerprint density at radius 2 is 2.17 bits per heavy atom. The van der Waals surface area contributed by atoms with Gasteiger partial charge in [0.05, 0.1) is 17.2 Å². The molecule has 0 spiro atoms. The first kappa shape index (κ1) is 19.9. The minimum Gasteiger partial charge on any atom is -0.484 e. The molecule has 0 unspecified atom stereocenters. The van der Waals surface area contributed by atoms with Crippen LogP contribution in [0.15, 0.2) is 22.6 Å². The van der Waals surface area contributed by atoms with Crippen molar-refractivity contribution in [2.45, 2.75) is 38.5 Å². The van der Waals surface area contributed by atoms with E-state index < -0.39 is 5.82 Å². The molecular weight excluding hydrogens is 403 g/mol. The van der Waals surface area contributed by atoms with Crippen molar-refractivity contribution in [3.63, 3.8) is 0 Å². The quantitative estimate of drug-likeness (QED) is 0.696. The number of rotatable bonds is 8. The SMILES string of the molecule is CC1CC(OCC(=O)NC2CN(c3nnc(COc4ccc(Cl)c(F)c4)o3)C2)C1. The van der Waals surface area contributed by atoms with Gasteiger partial charge in [-0.2, -0.15) is 0 Å². The molecule has 156 valence electrons. The normalized spacial score (nSPS) is 21.4. The minimum absolute atomic E-state index is 0.0131. The van der Waals surface area contributed by atoms with Crippen molar-refractivity contribution in [2.24, 2.45) is 5.92 Å². The van der Waals surface area contributed by atoms with Crippen molar-refractivity contribution in [3.05, 3.63) is 34.9 Å². The monoisotopic (exact) mass is 424 g/mol. The van der Waals surface area contributed by atoms with Crippen molar-refractivity contribution < 1.29 is 23.1 Å². The van der Waals surface area contributed by atoms with Crippen LogP contribution < -0.4 is 15.0 Å². The van der Waals surface area contributed by atoms with Gasteiger partial charge in [-0.05, 0) is 30.9 Å². The molecule has 8 nitrogen and oxygen atoms in total. The van der Waals surface area contributed by atoms with Gasteiger partial charge >= 0.3 is 6.01 Å². The Bertz CT molecular complexity index is 868. The molecule has 1 aliphatic heterocycles. The van der Waals surface area contributed by atoms with E-state index >= 15 is 0 Å². The summed E-state index contributed by atoms with van der Waals surface area (Å²) in [6.07, 6.45) is 2.28. The van der Waals surface area contributed by atoms with Crippen LogP contribution in [0, 0.1) is 11.7 Å². The molecule has 2 aliphatic rings. The van der Waals surface area contributed by atoms with Gasteiger partial charge in [0.25, 0.3) is 5.89 Å². The second kappa shape index (κ2) is 8.54. The maximum absolute atomic E-state index is 13.4. The maximum atomic E-state index is 13.4. The highest BCUT2D eigenvalue weighted by molar-refractivity contribution is 6.30. The number of hydrogen-bond donors (Lipinski definition) is 1. The molecule has 2 aromatic rings. The lowest BCUT2D eigenvalue weighted by Crippen LogP contribution is -2.60. The zero-order valence-electron chi connectivity index (χ0n) is 15.9. The third kappa shape index (κ3) is 4.97. The molecule has 1 aromatic heterocycles. The van der Waals surface area contributed by atoms with Crippen LogP contribution in [0.5, 0.6) is 5.75 Å². The Morgan fingerprint density at radius 3 is 2.90 bits per heavy atom. The molecule has 0 atom stereocenters. The first-order valence-corrected chi connectivity index (χ1v) is 9.90. The van der Waals surface area contributed by atoms with Crippen molar-refractivity contribution in [1.29, 1.82) is 0 Å². The lowest BCUT2D eigenvalue weighted by Gasteiger charge is -2.38. The predicted octanol–water partition coefficient (Wildman–Crippen LogP) is 2.56. The molecule has 29 heavy (non-hydrogen) atoms. The Morgan fingerprint density at radius 1 is 1.38 bits per heavy atom. The molecule has 2 fully saturated rings. The summed E-state index contributed by atoms with van der Waals surface area (Å²) in [6, 6.07) is 4.54. The zero-order valence-corrected chi connectivity index (χ0v) is 16.7. The van der Waals surface area contributed by atoms with E-state index in [2.05, 4.69) is 22.4 Å². The van der Waals surface area contributed by atoms with E-state index in [1.807, 2.05) is 4.90 Å². The van der Waals surface area contributed by atoms with Crippen LogP contribution in [-0.4, -0.2) is 47.9 Å². The van der Waals surface area contributed by atoms with Crippen LogP contribution in [-0.2, 0) is 16.1 Å². The Hall–Kier alpha value is -2.39. The number of aromatic nitrogens is 2. The number of anilines is 1. The van der Waals surface area contributed by atoms with E-state index in [-0.39, 0.29) is 42.2 Å². The van der Waals surface area contributed by atoms with Gasteiger partial charge in [-0.15, -0.1) is 5.10 Å². The number of nitrogens with one attached hydrogen (secondary N) is 1. The summed E-state index contributed by atoms with van der Waals surface area (Å²) in [4.78, 5) is 13.8. The number of nitrogens with zero attached hydrogens (tertiary/aromatic N) is 3. The van der Waals surface area contributed by atoms with Crippen LogP contribution >= 0.6 is 11.6 Å². The number of carbonyl (C=O) groups is 1. The van der Waals surface area contributed by atoms with Crippen LogP contribution in [0.3, 0.4) is 0 Å². The first-order valence-electron chi connectivity index (χ1n) is 9.52. The molecule has 0 radical (unpaired) electrons. The van der Waals surface area contributed by atoms with Gasteiger partial charge in [0.2, 0.25) is 5.91 Å². The van der Waals surface area contributed by atoms with Gasteiger partial charge in [0.1, 0.15) is 18.2 Å². The van der Waals surface area contributed by atoms with Gasteiger partial charge < -0.3 is 24.1 Å². The maximum Gasteiger partial charge on any atom is 0.318 e. The molecule has 1 saturated heterocycles. The summed E-state index contributed by atoms with van der Waals surface area (Å²) in [5.41, 5.74) is 0. The summed E-state index contributed by atoms with van der Waals surface area (Å²) >= 11 is 5.64. The third-order valence-corrected chi connectivity index (χ3v) is 5.31. The Balaban J connectivity index is 1.17. The molecule has 1 amide bonds. The molecule has 4 rings (SSSR count). The highest BCUT2D eigenvalue weighted by atomic mass is 35.5. The van der Waals surface area contributed by atoms with Gasteiger partial charge in [0, 0.05) is 19.2 Å². The number of hydrogen-bond acceptors (Lipinski definition) is 7. The molecule has 1 aromatic carbocycles. The fourth-order valence-electron chi connectivity index (χ4n) is 3.30. The molecule has 1 saturated carbocycles. The van der Waals surface area contributed by atoms with E-state index in [9.17, 15) is 9.18 Å². The van der Waals surface area contributed by atoms with Crippen LogP contribution in [0.4, 0.5) is 10.4 Å². The molecule has 1 N–H and O–H groups in total. The second-order valence-electron chi connectivity index (χ2n) is 7.52. The molecule has 2 heterocycles. The smallest absolute Gasteiger partial charge is 0.318 e. The topological polar surface area (TPSA) is 89.7 Å². The highest BCUT2D eigenvalue weighted by Crippen LogP contribution is 2.29. The van der Waals surface area contributed by atoms with Crippen molar-refractivity contribution in [3.8, 4) is 5.75 Å². The van der Waals surface area contributed by atoms with Crippen LogP contribution in [0.25, 0.3) is 0 Å². The minimum atomic E-state index is -0.559. The largest absolute Gasteiger partial charge is 0.484 e. The zero-order chi connectivity index (χ0) is 20.4. The fourth-order valence-corrected chi connectivity index (χ4v) is 3.41. The third-order valence-electron chi connectivity index (χ3n) is 5.01. The van der Waals surface area contributed by atoms with E-state index in [0.29, 0.717) is 30.8 Å². The summed E-state index contributed by atoms with van der Waals surface area (Å²) in [5, 5.41) is 10.9. The van der Waals surface area contributed by atoms with Gasteiger partial charge in [-0.1, -0.05) is 23.6 Å². The second-order valence-corrected chi connectivity index (χ2v) is 7.93. The average molecular weight is 425 g/mol. The van der Waals surface area contributed by atoms with Gasteiger partial charge in [-0.3, -0.25) is 4.79 Å².